The number of rotatable bonds is 5. The summed E-state index contributed by atoms with van der Waals surface area (Å²) in [5.41, 5.74) is 3.67. The largest absolute Gasteiger partial charge is 0.497 e. The maximum atomic E-state index is 5.60. The fourth-order valence-electron chi connectivity index (χ4n) is 5.31. The highest BCUT2D eigenvalue weighted by atomic mass is 16.5. The molecule has 3 nitrogen and oxygen atoms in total. The van der Waals surface area contributed by atoms with Gasteiger partial charge in [0.2, 0.25) is 0 Å². The zero-order valence-electron chi connectivity index (χ0n) is 18.5. The van der Waals surface area contributed by atoms with Crippen LogP contribution in [0.3, 0.4) is 0 Å². The van der Waals surface area contributed by atoms with Crippen LogP contribution in [0.15, 0.2) is 18.2 Å². The van der Waals surface area contributed by atoms with Crippen molar-refractivity contribution in [2.24, 2.45) is 11.3 Å². The Bertz CT molecular complexity index is 633. The molecule has 3 rings (SSSR count). The van der Waals surface area contributed by atoms with Crippen molar-refractivity contribution in [1.29, 1.82) is 0 Å². The Morgan fingerprint density at radius 1 is 1.07 bits per heavy atom. The molecule has 0 aromatic heterocycles. The zero-order valence-corrected chi connectivity index (χ0v) is 18.5. The van der Waals surface area contributed by atoms with Crippen LogP contribution < -0.4 is 9.64 Å². The van der Waals surface area contributed by atoms with Gasteiger partial charge >= 0.3 is 0 Å². The van der Waals surface area contributed by atoms with Crippen molar-refractivity contribution in [3.05, 3.63) is 23.8 Å². The predicted octanol–water partition coefficient (Wildman–Crippen LogP) is 5.33. The Morgan fingerprint density at radius 2 is 1.78 bits per heavy atom. The first-order chi connectivity index (χ1) is 12.8. The minimum Gasteiger partial charge on any atom is -0.497 e. The lowest BCUT2D eigenvalue weighted by Crippen LogP contribution is -2.48. The predicted molar refractivity (Wildman–Crippen MR) is 116 cm³/mol. The third-order valence-electron chi connectivity index (χ3n) is 7.34. The maximum Gasteiger partial charge on any atom is 0.120 e. The van der Waals surface area contributed by atoms with Crippen molar-refractivity contribution in [1.82, 2.24) is 4.90 Å². The van der Waals surface area contributed by atoms with Gasteiger partial charge in [-0.25, -0.2) is 0 Å². The van der Waals surface area contributed by atoms with Gasteiger partial charge in [0.1, 0.15) is 5.75 Å². The number of nitrogens with zero attached hydrogens (tertiary/aromatic N) is 2. The molecule has 1 aliphatic heterocycles. The van der Waals surface area contributed by atoms with Crippen LogP contribution in [-0.4, -0.2) is 44.7 Å². The van der Waals surface area contributed by atoms with Gasteiger partial charge in [0, 0.05) is 37.9 Å². The lowest BCUT2D eigenvalue weighted by molar-refractivity contribution is 0.109. The minimum atomic E-state index is 0.248. The first kappa shape index (κ1) is 20.5. The molecule has 0 amide bonds. The van der Waals surface area contributed by atoms with E-state index >= 15 is 0 Å². The first-order valence-electron chi connectivity index (χ1n) is 10.9. The van der Waals surface area contributed by atoms with E-state index in [2.05, 4.69) is 62.6 Å². The second-order valence-electron chi connectivity index (χ2n) is 9.90. The number of benzene rings is 1. The summed E-state index contributed by atoms with van der Waals surface area (Å²) in [7, 11) is 1.78. The molecule has 0 radical (unpaired) electrons. The summed E-state index contributed by atoms with van der Waals surface area (Å²) in [6, 6.07) is 6.83. The molecule has 1 aliphatic carbocycles. The molecule has 1 saturated carbocycles. The maximum absolute atomic E-state index is 5.60. The van der Waals surface area contributed by atoms with Gasteiger partial charge < -0.3 is 9.64 Å². The molecule has 1 heterocycles. The van der Waals surface area contributed by atoms with Gasteiger partial charge in [0.25, 0.3) is 0 Å². The SMILES string of the molecule is CCCN1CCN(c2cc(OC)ccc2C2(C)CCC(C)(C)CC2C)CC1. The van der Waals surface area contributed by atoms with Gasteiger partial charge in [-0.05, 0) is 60.6 Å². The highest BCUT2D eigenvalue weighted by Gasteiger charge is 2.43. The summed E-state index contributed by atoms with van der Waals surface area (Å²) in [6.45, 7) is 17.9. The number of hydrogen-bond donors (Lipinski definition) is 0. The van der Waals surface area contributed by atoms with E-state index in [4.69, 9.17) is 4.74 Å². The molecular weight excluding hydrogens is 332 g/mol. The molecule has 1 aromatic rings. The van der Waals surface area contributed by atoms with E-state index in [0.717, 1.165) is 18.8 Å². The van der Waals surface area contributed by atoms with Gasteiger partial charge in [-0.3, -0.25) is 4.90 Å². The number of hydrogen-bond acceptors (Lipinski definition) is 3. The Kier molecular flexibility index (Phi) is 6.10. The van der Waals surface area contributed by atoms with Crippen LogP contribution in [0.25, 0.3) is 0 Å². The molecule has 27 heavy (non-hydrogen) atoms. The van der Waals surface area contributed by atoms with Crippen LogP contribution >= 0.6 is 0 Å². The third-order valence-corrected chi connectivity index (χ3v) is 7.34. The Labute approximate surface area is 167 Å². The molecular formula is C24H40N2O. The van der Waals surface area contributed by atoms with Crippen molar-refractivity contribution in [3.63, 3.8) is 0 Å². The molecule has 2 aliphatic rings. The van der Waals surface area contributed by atoms with Gasteiger partial charge in [-0.15, -0.1) is 0 Å². The molecule has 2 unspecified atom stereocenters. The topological polar surface area (TPSA) is 15.7 Å². The second kappa shape index (κ2) is 8.03. The number of piperazine rings is 1. The number of anilines is 1. The first-order valence-corrected chi connectivity index (χ1v) is 10.9. The molecule has 1 aromatic carbocycles. The van der Waals surface area contributed by atoms with Crippen molar-refractivity contribution in [3.8, 4) is 5.75 Å². The van der Waals surface area contributed by atoms with E-state index in [0.29, 0.717) is 11.3 Å². The number of ether oxygens (including phenoxy) is 1. The van der Waals surface area contributed by atoms with Gasteiger partial charge in [0.15, 0.2) is 0 Å². The average molecular weight is 373 g/mol. The average Bonchev–Trinajstić information content (AvgIpc) is 2.65. The molecule has 0 bridgehead atoms. The highest BCUT2D eigenvalue weighted by Crippen LogP contribution is 2.52. The lowest BCUT2D eigenvalue weighted by Gasteiger charge is -2.49. The van der Waals surface area contributed by atoms with Gasteiger partial charge in [0.05, 0.1) is 7.11 Å². The molecule has 2 fully saturated rings. The van der Waals surface area contributed by atoms with Crippen LogP contribution in [0.1, 0.15) is 65.9 Å². The second-order valence-corrected chi connectivity index (χ2v) is 9.90. The van der Waals surface area contributed by atoms with E-state index in [9.17, 15) is 0 Å². The van der Waals surface area contributed by atoms with E-state index in [-0.39, 0.29) is 5.41 Å². The molecule has 3 heteroatoms. The van der Waals surface area contributed by atoms with Crippen LogP contribution in [0, 0.1) is 11.3 Å². The summed E-state index contributed by atoms with van der Waals surface area (Å²) in [5, 5.41) is 0. The molecule has 0 N–H and O–H groups in total. The van der Waals surface area contributed by atoms with Crippen molar-refractivity contribution in [2.45, 2.75) is 65.7 Å². The van der Waals surface area contributed by atoms with Gasteiger partial charge in [-0.1, -0.05) is 40.7 Å². The van der Waals surface area contributed by atoms with Crippen molar-refractivity contribution >= 4 is 5.69 Å². The van der Waals surface area contributed by atoms with E-state index < -0.39 is 0 Å². The monoisotopic (exact) mass is 372 g/mol. The van der Waals surface area contributed by atoms with Crippen LogP contribution in [0.2, 0.25) is 0 Å². The van der Waals surface area contributed by atoms with Crippen LogP contribution in [-0.2, 0) is 5.41 Å². The fraction of sp³-hybridized carbons (Fsp3) is 0.750. The smallest absolute Gasteiger partial charge is 0.120 e. The summed E-state index contributed by atoms with van der Waals surface area (Å²) >= 11 is 0. The Morgan fingerprint density at radius 3 is 2.37 bits per heavy atom. The van der Waals surface area contributed by atoms with E-state index in [1.54, 1.807) is 7.11 Å². The Hall–Kier alpha value is -1.22. The minimum absolute atomic E-state index is 0.248. The number of methoxy groups -OCH3 is 1. The highest BCUT2D eigenvalue weighted by molar-refractivity contribution is 5.60. The van der Waals surface area contributed by atoms with Gasteiger partial charge in [-0.2, -0.15) is 0 Å². The molecule has 0 spiro atoms. The fourth-order valence-corrected chi connectivity index (χ4v) is 5.31. The third kappa shape index (κ3) is 4.29. The summed E-state index contributed by atoms with van der Waals surface area (Å²) < 4.78 is 5.60. The normalized spacial score (nSPS) is 29.0. The summed E-state index contributed by atoms with van der Waals surface area (Å²) in [5.74, 6) is 1.67. The zero-order chi connectivity index (χ0) is 19.7. The quantitative estimate of drug-likeness (QED) is 0.694. The van der Waals surface area contributed by atoms with Crippen LogP contribution in [0.5, 0.6) is 5.75 Å². The van der Waals surface area contributed by atoms with Crippen molar-refractivity contribution < 1.29 is 4.74 Å². The molecule has 1 saturated heterocycles. The molecule has 152 valence electrons. The van der Waals surface area contributed by atoms with E-state index in [1.807, 2.05) is 0 Å². The standard InChI is InChI=1S/C24H40N2O/c1-7-12-25-13-15-26(16-14-25)22-17-20(27-6)8-9-21(22)24(5)11-10-23(3,4)18-19(24)2/h8-9,17,19H,7,10-16,18H2,1-6H3. The lowest BCUT2D eigenvalue weighted by atomic mass is 9.58. The van der Waals surface area contributed by atoms with Crippen molar-refractivity contribution in [2.75, 3.05) is 44.7 Å². The van der Waals surface area contributed by atoms with E-state index in [1.165, 1.54) is 56.6 Å². The molecule has 2 atom stereocenters. The van der Waals surface area contributed by atoms with Crippen LogP contribution in [0.4, 0.5) is 5.69 Å². The summed E-state index contributed by atoms with van der Waals surface area (Å²) in [6.07, 6.45) is 5.13. The summed E-state index contributed by atoms with van der Waals surface area (Å²) in [4.78, 5) is 5.21. The Balaban J connectivity index is 1.90.